The van der Waals surface area contributed by atoms with E-state index in [4.69, 9.17) is 4.55 Å². The molecule has 0 atom stereocenters. The Bertz CT molecular complexity index is 486. The molecule has 0 heterocycles. The van der Waals surface area contributed by atoms with Gasteiger partial charge < -0.3 is 0 Å². The second-order valence-corrected chi connectivity index (χ2v) is 6.70. The third-order valence-corrected chi connectivity index (χ3v) is 4.50. The van der Waals surface area contributed by atoms with E-state index in [2.05, 4.69) is 6.92 Å². The first-order valence-electron chi connectivity index (χ1n) is 7.61. The Hall–Kier alpha value is 0.130. The molecule has 0 spiro atoms. The van der Waals surface area contributed by atoms with Gasteiger partial charge in [-0.05, 0) is 24.5 Å². The molecule has 1 radical (unpaired) electrons. The van der Waals surface area contributed by atoms with Crippen LogP contribution in [0.25, 0.3) is 0 Å². The molecule has 1 N–H and O–H groups in total. The molecule has 0 saturated heterocycles. The molecule has 0 unspecified atom stereocenters. The van der Waals surface area contributed by atoms with Crippen LogP contribution >= 0.6 is 0 Å². The number of rotatable bonds is 10. The van der Waals surface area contributed by atoms with Crippen LogP contribution in [0.1, 0.15) is 63.9 Å². The third kappa shape index (κ3) is 8.99. The van der Waals surface area contributed by atoms with Crippen LogP contribution in [0, 0.1) is 0 Å². The normalized spacial score (nSPS) is 11.1. The molecule has 1 aromatic rings. The van der Waals surface area contributed by atoms with E-state index in [1.54, 1.807) is 12.1 Å². The largest absolute Gasteiger partial charge is 0.294 e. The second-order valence-electron chi connectivity index (χ2n) is 5.31. The van der Waals surface area contributed by atoms with E-state index in [1.807, 2.05) is 6.07 Å². The van der Waals surface area contributed by atoms with E-state index in [0.29, 0.717) is 6.42 Å². The van der Waals surface area contributed by atoms with Gasteiger partial charge in [0, 0.05) is 29.6 Å². The first kappa shape index (κ1) is 21.1. The van der Waals surface area contributed by atoms with Gasteiger partial charge in [-0.15, -0.1) is 0 Å². The van der Waals surface area contributed by atoms with Crippen LogP contribution in [0.3, 0.4) is 0 Å². The molecule has 1 rings (SSSR count). The molecule has 0 aliphatic carbocycles. The van der Waals surface area contributed by atoms with Crippen molar-refractivity contribution >= 4 is 39.7 Å². The number of aryl methyl sites for hydroxylation is 1. The minimum atomic E-state index is -4.09. The van der Waals surface area contributed by atoms with E-state index in [-0.39, 0.29) is 34.5 Å². The number of hydrogen-bond donors (Lipinski definition) is 1. The van der Waals surface area contributed by atoms with Crippen molar-refractivity contribution < 1.29 is 13.0 Å². The molecule has 0 fully saturated rings. The summed E-state index contributed by atoms with van der Waals surface area (Å²) in [6.45, 7) is 2.21. The molecule has 0 amide bonds. The molecule has 0 saturated carbocycles. The summed E-state index contributed by atoms with van der Waals surface area (Å²) in [6, 6.07) is 6.70. The van der Waals surface area contributed by atoms with Crippen LogP contribution < -0.4 is 0 Å². The van der Waals surface area contributed by atoms with Gasteiger partial charge in [-0.2, -0.15) is 8.42 Å². The van der Waals surface area contributed by atoms with Crippen LogP contribution in [0.2, 0.25) is 0 Å². The van der Waals surface area contributed by atoms with Crippen molar-refractivity contribution in [2.45, 2.75) is 69.6 Å². The smallest absolute Gasteiger partial charge is 0.282 e. The average molecular weight is 321 g/mol. The monoisotopic (exact) mass is 321 g/mol. The quantitative estimate of drug-likeness (QED) is 0.398. The van der Waals surface area contributed by atoms with Crippen molar-refractivity contribution in [3.8, 4) is 0 Å². The predicted octanol–water partition coefficient (Wildman–Crippen LogP) is 4.24. The summed E-state index contributed by atoms with van der Waals surface area (Å²) >= 11 is 0. The second kappa shape index (κ2) is 11.7. The molecule has 5 heteroatoms. The Morgan fingerprint density at radius 2 is 1.43 bits per heavy atom. The van der Waals surface area contributed by atoms with Crippen molar-refractivity contribution in [2.75, 3.05) is 0 Å². The van der Waals surface area contributed by atoms with Gasteiger partial charge in [-0.1, -0.05) is 70.1 Å². The zero-order valence-corrected chi connectivity index (χ0v) is 16.2. The summed E-state index contributed by atoms with van der Waals surface area (Å²) in [5.74, 6) is 0. The van der Waals surface area contributed by atoms with Gasteiger partial charge in [0.05, 0.1) is 4.90 Å². The fourth-order valence-corrected chi connectivity index (χ4v) is 3.16. The predicted molar refractivity (Wildman–Crippen MR) is 88.3 cm³/mol. The zero-order valence-electron chi connectivity index (χ0n) is 13.3. The summed E-state index contributed by atoms with van der Waals surface area (Å²) in [7, 11) is -4.09. The summed E-state index contributed by atoms with van der Waals surface area (Å²) < 4.78 is 31.7. The van der Waals surface area contributed by atoms with Gasteiger partial charge in [0.2, 0.25) is 0 Å². The number of benzene rings is 1. The van der Waals surface area contributed by atoms with Crippen molar-refractivity contribution in [1.29, 1.82) is 0 Å². The molecule has 1 aromatic carbocycles. The minimum Gasteiger partial charge on any atom is -0.282 e. The van der Waals surface area contributed by atoms with Gasteiger partial charge >= 0.3 is 0 Å². The molecular weight excluding hydrogens is 295 g/mol. The Kier molecular flexibility index (Phi) is 11.7. The van der Waals surface area contributed by atoms with Crippen molar-refractivity contribution in [2.24, 2.45) is 0 Å². The zero-order chi connectivity index (χ0) is 14.8. The summed E-state index contributed by atoms with van der Waals surface area (Å²) in [5.41, 5.74) is 0.723. The minimum absolute atomic E-state index is 0. The maximum absolute atomic E-state index is 11.2. The molecule has 0 aliphatic rings. The Balaban J connectivity index is 0.00000400. The first-order valence-corrected chi connectivity index (χ1v) is 9.05. The van der Waals surface area contributed by atoms with E-state index in [1.165, 1.54) is 44.6 Å². The molecule has 0 aromatic heterocycles. The van der Waals surface area contributed by atoms with Crippen LogP contribution in [-0.2, 0) is 16.5 Å². The van der Waals surface area contributed by atoms with Crippen LogP contribution in [-0.4, -0.2) is 42.5 Å². The summed E-state index contributed by atoms with van der Waals surface area (Å²) in [5, 5.41) is 0. The molecule has 115 valence electrons. The van der Waals surface area contributed by atoms with Crippen molar-refractivity contribution in [3.63, 3.8) is 0 Å². The van der Waals surface area contributed by atoms with Gasteiger partial charge in [0.15, 0.2) is 0 Å². The molecule has 0 aliphatic heterocycles. The summed E-state index contributed by atoms with van der Waals surface area (Å²) in [6.07, 6.45) is 10.5. The van der Waals surface area contributed by atoms with Crippen molar-refractivity contribution in [3.05, 3.63) is 29.8 Å². The van der Waals surface area contributed by atoms with Crippen LogP contribution in [0.4, 0.5) is 0 Å². The fraction of sp³-hybridized carbons (Fsp3) is 0.625. The molecule has 21 heavy (non-hydrogen) atoms. The standard InChI is InChI=1S/C16H26O3S.Na/c1-2-3-4-5-6-7-8-9-12-15-13-10-11-14-16(15)20(17,18)19;/h10-11,13-14H,2-9,12H2,1H3,(H,17,18,19);. The Labute approximate surface area is 151 Å². The first-order chi connectivity index (χ1) is 9.55. The number of hydrogen-bond acceptors (Lipinski definition) is 2. The van der Waals surface area contributed by atoms with Crippen LogP contribution in [0.5, 0.6) is 0 Å². The number of unbranched alkanes of at least 4 members (excludes halogenated alkanes) is 7. The average Bonchev–Trinajstić information content (AvgIpc) is 2.41. The van der Waals surface area contributed by atoms with Gasteiger partial charge in [-0.3, -0.25) is 4.55 Å². The van der Waals surface area contributed by atoms with E-state index in [0.717, 1.165) is 18.4 Å². The maximum atomic E-state index is 11.2. The van der Waals surface area contributed by atoms with E-state index in [9.17, 15) is 8.42 Å². The summed E-state index contributed by atoms with van der Waals surface area (Å²) in [4.78, 5) is 0.0583. The Morgan fingerprint density at radius 1 is 0.905 bits per heavy atom. The topological polar surface area (TPSA) is 54.4 Å². The molecule has 0 bridgehead atoms. The Morgan fingerprint density at radius 3 is 2.00 bits per heavy atom. The van der Waals surface area contributed by atoms with Gasteiger partial charge in [-0.25, -0.2) is 0 Å². The van der Waals surface area contributed by atoms with Crippen molar-refractivity contribution in [1.82, 2.24) is 0 Å². The van der Waals surface area contributed by atoms with Gasteiger partial charge in [0.1, 0.15) is 0 Å². The van der Waals surface area contributed by atoms with E-state index >= 15 is 0 Å². The maximum Gasteiger partial charge on any atom is 0.294 e. The van der Waals surface area contributed by atoms with Gasteiger partial charge in [0.25, 0.3) is 10.1 Å². The third-order valence-electron chi connectivity index (χ3n) is 3.55. The molecule has 3 nitrogen and oxygen atoms in total. The van der Waals surface area contributed by atoms with Crippen LogP contribution in [0.15, 0.2) is 29.2 Å². The SMILES string of the molecule is CCCCCCCCCCc1ccccc1S(=O)(=O)O.[Na]. The molecular formula is C16H26NaO3S. The fourth-order valence-electron chi connectivity index (χ4n) is 2.41. The van der Waals surface area contributed by atoms with E-state index < -0.39 is 10.1 Å².